The Morgan fingerprint density at radius 2 is 2.00 bits per heavy atom. The highest BCUT2D eigenvalue weighted by atomic mass is 16.5. The van der Waals surface area contributed by atoms with E-state index in [4.69, 9.17) is 4.74 Å². The molecule has 0 spiro atoms. The molecule has 0 bridgehead atoms. The van der Waals surface area contributed by atoms with Crippen molar-refractivity contribution in [2.75, 3.05) is 7.11 Å². The maximum atomic E-state index is 11.2. The Morgan fingerprint density at radius 1 is 1.40 bits per heavy atom. The highest BCUT2D eigenvalue weighted by molar-refractivity contribution is 5.82. The lowest BCUT2D eigenvalue weighted by Gasteiger charge is -2.24. The molecule has 3 nitrogen and oxygen atoms in total. The van der Waals surface area contributed by atoms with Gasteiger partial charge in [-0.15, -0.1) is 0 Å². The van der Waals surface area contributed by atoms with Crippen molar-refractivity contribution in [2.24, 2.45) is 0 Å². The maximum Gasteiger partial charge on any atom is 0.313 e. The third-order valence-corrected chi connectivity index (χ3v) is 2.61. The lowest BCUT2D eigenvalue weighted by molar-refractivity contribution is -0.142. The average molecular weight is 208 g/mol. The Balaban J connectivity index is 3.41. The van der Waals surface area contributed by atoms with Crippen LogP contribution in [0, 0.1) is 6.92 Å². The SMILES string of the molecule is COc1cccc(C)c1C(C)(C)C(=O)O. The highest BCUT2D eigenvalue weighted by Crippen LogP contribution is 2.34. The summed E-state index contributed by atoms with van der Waals surface area (Å²) in [5.74, 6) is -0.225. The van der Waals surface area contributed by atoms with Crippen molar-refractivity contribution in [3.05, 3.63) is 29.3 Å². The quantitative estimate of drug-likeness (QED) is 0.829. The minimum atomic E-state index is -0.934. The Kier molecular flexibility index (Phi) is 3.03. The van der Waals surface area contributed by atoms with E-state index in [1.165, 1.54) is 0 Å². The van der Waals surface area contributed by atoms with Crippen LogP contribution in [-0.2, 0) is 10.2 Å². The molecule has 0 aliphatic rings. The van der Waals surface area contributed by atoms with Gasteiger partial charge in [0, 0.05) is 5.56 Å². The van der Waals surface area contributed by atoms with Crippen molar-refractivity contribution in [1.29, 1.82) is 0 Å². The number of methoxy groups -OCH3 is 1. The lowest BCUT2D eigenvalue weighted by Crippen LogP contribution is -2.30. The molecule has 0 heterocycles. The van der Waals surface area contributed by atoms with Crippen molar-refractivity contribution in [3.63, 3.8) is 0 Å². The summed E-state index contributed by atoms with van der Waals surface area (Å²) in [5.41, 5.74) is 0.734. The van der Waals surface area contributed by atoms with Crippen molar-refractivity contribution < 1.29 is 14.6 Å². The molecule has 0 aliphatic heterocycles. The molecule has 0 fully saturated rings. The number of rotatable bonds is 3. The summed E-state index contributed by atoms with van der Waals surface area (Å²) >= 11 is 0. The molecule has 0 saturated heterocycles. The molecule has 15 heavy (non-hydrogen) atoms. The van der Waals surface area contributed by atoms with E-state index < -0.39 is 11.4 Å². The molecule has 0 aliphatic carbocycles. The topological polar surface area (TPSA) is 46.5 Å². The molecule has 0 aromatic heterocycles. The van der Waals surface area contributed by atoms with Gasteiger partial charge in [-0.05, 0) is 32.4 Å². The van der Waals surface area contributed by atoms with E-state index in [0.717, 1.165) is 11.1 Å². The number of carboxylic acid groups (broad SMARTS) is 1. The highest BCUT2D eigenvalue weighted by Gasteiger charge is 2.33. The molecule has 0 amide bonds. The largest absolute Gasteiger partial charge is 0.496 e. The zero-order chi connectivity index (χ0) is 11.6. The number of aryl methyl sites for hydroxylation is 1. The van der Waals surface area contributed by atoms with E-state index in [2.05, 4.69) is 0 Å². The predicted octanol–water partition coefficient (Wildman–Crippen LogP) is 2.37. The predicted molar refractivity (Wildman–Crippen MR) is 58.4 cm³/mol. The Labute approximate surface area is 89.7 Å². The smallest absolute Gasteiger partial charge is 0.313 e. The number of benzene rings is 1. The Hall–Kier alpha value is -1.51. The first-order chi connectivity index (χ1) is 6.91. The first-order valence-electron chi connectivity index (χ1n) is 4.78. The van der Waals surface area contributed by atoms with Crippen LogP contribution in [-0.4, -0.2) is 18.2 Å². The molecule has 82 valence electrons. The summed E-state index contributed by atoms with van der Waals surface area (Å²) in [7, 11) is 1.55. The first-order valence-corrected chi connectivity index (χ1v) is 4.78. The van der Waals surface area contributed by atoms with Gasteiger partial charge in [0.15, 0.2) is 0 Å². The molecule has 0 radical (unpaired) electrons. The number of ether oxygens (including phenoxy) is 1. The summed E-state index contributed by atoms with van der Waals surface area (Å²) < 4.78 is 5.20. The standard InChI is InChI=1S/C12H16O3/c1-8-6-5-7-9(15-4)10(8)12(2,3)11(13)14/h5-7H,1-4H3,(H,13,14). The van der Waals surface area contributed by atoms with Crippen LogP contribution in [0.4, 0.5) is 0 Å². The number of carboxylic acids is 1. The number of hydrogen-bond donors (Lipinski definition) is 1. The summed E-state index contributed by atoms with van der Waals surface area (Å²) in [6.07, 6.45) is 0. The molecule has 1 aromatic carbocycles. The van der Waals surface area contributed by atoms with Gasteiger partial charge in [-0.3, -0.25) is 4.79 Å². The van der Waals surface area contributed by atoms with E-state index in [9.17, 15) is 9.90 Å². The Morgan fingerprint density at radius 3 is 2.47 bits per heavy atom. The van der Waals surface area contributed by atoms with Crippen LogP contribution in [0.25, 0.3) is 0 Å². The van der Waals surface area contributed by atoms with Crippen LogP contribution in [0.3, 0.4) is 0 Å². The maximum absolute atomic E-state index is 11.2. The van der Waals surface area contributed by atoms with Crippen LogP contribution in [0.5, 0.6) is 5.75 Å². The fraction of sp³-hybridized carbons (Fsp3) is 0.417. The minimum absolute atomic E-state index is 0.627. The van der Waals surface area contributed by atoms with Crippen molar-refractivity contribution in [2.45, 2.75) is 26.2 Å². The van der Waals surface area contributed by atoms with Crippen LogP contribution in [0.15, 0.2) is 18.2 Å². The number of carbonyl (C=O) groups is 1. The third-order valence-electron chi connectivity index (χ3n) is 2.61. The van der Waals surface area contributed by atoms with E-state index in [1.54, 1.807) is 27.0 Å². The molecule has 1 N–H and O–H groups in total. The van der Waals surface area contributed by atoms with Gasteiger partial charge in [-0.2, -0.15) is 0 Å². The molecule has 0 saturated carbocycles. The van der Waals surface area contributed by atoms with Gasteiger partial charge in [-0.25, -0.2) is 0 Å². The molecule has 0 unspecified atom stereocenters. The molecular weight excluding hydrogens is 192 g/mol. The molecule has 0 atom stereocenters. The second kappa shape index (κ2) is 3.93. The van der Waals surface area contributed by atoms with Gasteiger partial charge >= 0.3 is 5.97 Å². The van der Waals surface area contributed by atoms with Gasteiger partial charge in [0.05, 0.1) is 12.5 Å². The minimum Gasteiger partial charge on any atom is -0.496 e. The first kappa shape index (κ1) is 11.6. The van der Waals surface area contributed by atoms with E-state index in [1.807, 2.05) is 19.1 Å². The van der Waals surface area contributed by atoms with E-state index in [-0.39, 0.29) is 0 Å². The van der Waals surface area contributed by atoms with Gasteiger partial charge < -0.3 is 9.84 Å². The fourth-order valence-electron chi connectivity index (χ4n) is 1.72. The third kappa shape index (κ3) is 1.96. The van der Waals surface area contributed by atoms with Gasteiger partial charge in [0.25, 0.3) is 0 Å². The van der Waals surface area contributed by atoms with Crippen LogP contribution in [0.1, 0.15) is 25.0 Å². The van der Waals surface area contributed by atoms with Crippen LogP contribution >= 0.6 is 0 Å². The normalized spacial score (nSPS) is 11.2. The number of aliphatic carboxylic acids is 1. The average Bonchev–Trinajstić information content (AvgIpc) is 2.16. The second-order valence-corrected chi connectivity index (χ2v) is 4.08. The second-order valence-electron chi connectivity index (χ2n) is 4.08. The van der Waals surface area contributed by atoms with Gasteiger partial charge in [0.1, 0.15) is 5.75 Å². The van der Waals surface area contributed by atoms with Crippen LogP contribution < -0.4 is 4.74 Å². The number of hydrogen-bond acceptors (Lipinski definition) is 2. The monoisotopic (exact) mass is 208 g/mol. The van der Waals surface area contributed by atoms with Gasteiger partial charge in [0.2, 0.25) is 0 Å². The Bertz CT molecular complexity index is 380. The zero-order valence-electron chi connectivity index (χ0n) is 9.50. The zero-order valence-corrected chi connectivity index (χ0v) is 9.50. The molecule has 1 rings (SSSR count). The molecule has 3 heteroatoms. The van der Waals surface area contributed by atoms with E-state index in [0.29, 0.717) is 5.75 Å². The van der Waals surface area contributed by atoms with Crippen molar-refractivity contribution in [3.8, 4) is 5.75 Å². The molecular formula is C12H16O3. The molecule has 1 aromatic rings. The fourth-order valence-corrected chi connectivity index (χ4v) is 1.72. The summed E-state index contributed by atoms with van der Waals surface area (Å²) in [6, 6.07) is 5.53. The summed E-state index contributed by atoms with van der Waals surface area (Å²) in [4.78, 5) is 11.2. The van der Waals surface area contributed by atoms with Gasteiger partial charge in [-0.1, -0.05) is 12.1 Å². The summed E-state index contributed by atoms with van der Waals surface area (Å²) in [5, 5.41) is 9.18. The summed E-state index contributed by atoms with van der Waals surface area (Å²) in [6.45, 7) is 5.25. The van der Waals surface area contributed by atoms with Crippen molar-refractivity contribution in [1.82, 2.24) is 0 Å². The van der Waals surface area contributed by atoms with E-state index >= 15 is 0 Å². The van der Waals surface area contributed by atoms with Crippen LogP contribution in [0.2, 0.25) is 0 Å². The van der Waals surface area contributed by atoms with Crippen molar-refractivity contribution >= 4 is 5.97 Å². The lowest BCUT2D eigenvalue weighted by atomic mass is 9.81.